The van der Waals surface area contributed by atoms with Crippen LogP contribution in [0.4, 0.5) is 5.69 Å². The molecule has 0 bridgehead atoms. The van der Waals surface area contributed by atoms with Crippen molar-refractivity contribution in [1.82, 2.24) is 9.97 Å². The van der Waals surface area contributed by atoms with Crippen molar-refractivity contribution in [2.45, 2.75) is 32.6 Å². The first-order valence-corrected chi connectivity index (χ1v) is 5.30. The van der Waals surface area contributed by atoms with Gasteiger partial charge < -0.3 is 11.1 Å². The minimum absolute atomic E-state index is 0.0357. The Labute approximate surface area is 91.3 Å². The Bertz CT molecular complexity index is 304. The summed E-state index contributed by atoms with van der Waals surface area (Å²) >= 11 is 0. The van der Waals surface area contributed by atoms with E-state index in [0.29, 0.717) is 6.54 Å². The smallest absolute Gasteiger partial charge is 0.115 e. The van der Waals surface area contributed by atoms with E-state index in [4.69, 9.17) is 5.73 Å². The highest BCUT2D eigenvalue weighted by Crippen LogP contribution is 2.26. The van der Waals surface area contributed by atoms with Crippen LogP contribution < -0.4 is 11.1 Å². The predicted octanol–water partition coefficient (Wildman–Crippen LogP) is 1.53. The van der Waals surface area contributed by atoms with Gasteiger partial charge in [0.2, 0.25) is 0 Å². The van der Waals surface area contributed by atoms with Crippen LogP contribution in [-0.2, 0) is 5.41 Å². The summed E-state index contributed by atoms with van der Waals surface area (Å²) in [5, 5.41) is 3.32. The van der Waals surface area contributed by atoms with Gasteiger partial charge in [-0.25, -0.2) is 9.97 Å². The molecule has 0 aliphatic rings. The highest BCUT2D eigenvalue weighted by atomic mass is 14.9. The minimum Gasteiger partial charge on any atom is -0.382 e. The summed E-state index contributed by atoms with van der Waals surface area (Å²) < 4.78 is 0. The molecular weight excluding hydrogens is 188 g/mol. The third kappa shape index (κ3) is 3.47. The second-order valence-corrected chi connectivity index (χ2v) is 4.60. The highest BCUT2D eigenvalue weighted by molar-refractivity contribution is 5.48. The summed E-state index contributed by atoms with van der Waals surface area (Å²) in [6.45, 7) is 7.99. The van der Waals surface area contributed by atoms with Gasteiger partial charge in [0, 0.05) is 12.0 Å². The zero-order valence-electron chi connectivity index (χ0n) is 9.75. The second-order valence-electron chi connectivity index (χ2n) is 4.60. The largest absolute Gasteiger partial charge is 0.382 e. The Balaban J connectivity index is 2.78. The molecule has 3 N–H and O–H groups in total. The lowest BCUT2D eigenvalue weighted by Crippen LogP contribution is -2.18. The molecule has 15 heavy (non-hydrogen) atoms. The van der Waals surface area contributed by atoms with Crippen molar-refractivity contribution in [3.05, 3.63) is 18.2 Å². The van der Waals surface area contributed by atoms with E-state index in [1.807, 2.05) is 6.20 Å². The van der Waals surface area contributed by atoms with Gasteiger partial charge in [-0.2, -0.15) is 0 Å². The van der Waals surface area contributed by atoms with Crippen LogP contribution in [0, 0.1) is 0 Å². The van der Waals surface area contributed by atoms with Crippen molar-refractivity contribution in [3.63, 3.8) is 0 Å². The zero-order chi connectivity index (χ0) is 11.3. The summed E-state index contributed by atoms with van der Waals surface area (Å²) in [5.41, 5.74) is 7.54. The molecule has 1 rings (SSSR count). The maximum Gasteiger partial charge on any atom is 0.115 e. The van der Waals surface area contributed by atoms with Crippen LogP contribution in [0.5, 0.6) is 0 Å². The Morgan fingerprint density at radius 1 is 1.40 bits per heavy atom. The molecule has 0 saturated carbocycles. The molecule has 0 unspecified atom stereocenters. The van der Waals surface area contributed by atoms with E-state index in [1.54, 1.807) is 6.33 Å². The third-order valence-corrected chi connectivity index (χ3v) is 2.12. The average molecular weight is 208 g/mol. The van der Waals surface area contributed by atoms with Crippen molar-refractivity contribution < 1.29 is 0 Å². The fraction of sp³-hybridized carbons (Fsp3) is 0.636. The fourth-order valence-electron chi connectivity index (χ4n) is 1.38. The number of anilines is 1. The molecule has 84 valence electrons. The molecule has 4 heteroatoms. The van der Waals surface area contributed by atoms with E-state index in [0.717, 1.165) is 24.3 Å². The van der Waals surface area contributed by atoms with Gasteiger partial charge in [0.15, 0.2) is 0 Å². The van der Waals surface area contributed by atoms with Crippen molar-refractivity contribution in [2.24, 2.45) is 5.73 Å². The Kier molecular flexibility index (Phi) is 4.03. The van der Waals surface area contributed by atoms with Crippen LogP contribution in [0.15, 0.2) is 12.5 Å². The van der Waals surface area contributed by atoms with Gasteiger partial charge in [-0.3, -0.25) is 0 Å². The van der Waals surface area contributed by atoms with Gasteiger partial charge in [0.05, 0.1) is 17.6 Å². The lowest BCUT2D eigenvalue weighted by atomic mass is 9.91. The van der Waals surface area contributed by atoms with Gasteiger partial charge in [0.25, 0.3) is 0 Å². The van der Waals surface area contributed by atoms with Crippen LogP contribution in [0.3, 0.4) is 0 Å². The van der Waals surface area contributed by atoms with Gasteiger partial charge in [-0.15, -0.1) is 0 Å². The molecular formula is C11H20N4. The number of nitrogens with zero attached hydrogens (tertiary/aromatic N) is 2. The number of nitrogens with one attached hydrogen (secondary N) is 1. The SMILES string of the molecule is CC(C)(C)c1ncncc1NCCCN. The fourth-order valence-corrected chi connectivity index (χ4v) is 1.38. The molecule has 0 spiro atoms. The summed E-state index contributed by atoms with van der Waals surface area (Å²) in [6.07, 6.45) is 4.37. The summed E-state index contributed by atoms with van der Waals surface area (Å²) in [5.74, 6) is 0. The zero-order valence-corrected chi connectivity index (χ0v) is 9.75. The lowest BCUT2D eigenvalue weighted by Gasteiger charge is -2.21. The van der Waals surface area contributed by atoms with Crippen molar-refractivity contribution in [1.29, 1.82) is 0 Å². The monoisotopic (exact) mass is 208 g/mol. The number of aromatic nitrogens is 2. The van der Waals surface area contributed by atoms with Gasteiger partial charge in [0.1, 0.15) is 6.33 Å². The predicted molar refractivity (Wildman–Crippen MR) is 62.9 cm³/mol. The molecule has 0 amide bonds. The third-order valence-electron chi connectivity index (χ3n) is 2.12. The van der Waals surface area contributed by atoms with Crippen LogP contribution in [0.2, 0.25) is 0 Å². The van der Waals surface area contributed by atoms with Gasteiger partial charge in [-0.05, 0) is 13.0 Å². The standard InChI is InChI=1S/C11H20N4/c1-11(2,3)10-9(7-13-8-15-10)14-6-4-5-12/h7-8,14H,4-6,12H2,1-3H3. The second kappa shape index (κ2) is 5.07. The summed E-state index contributed by atoms with van der Waals surface area (Å²) in [7, 11) is 0. The summed E-state index contributed by atoms with van der Waals surface area (Å²) in [4.78, 5) is 8.36. The Morgan fingerprint density at radius 2 is 2.13 bits per heavy atom. The molecule has 0 saturated heterocycles. The topological polar surface area (TPSA) is 63.8 Å². The maximum atomic E-state index is 5.45. The first-order valence-electron chi connectivity index (χ1n) is 5.30. The van der Waals surface area contributed by atoms with Crippen LogP contribution >= 0.6 is 0 Å². The van der Waals surface area contributed by atoms with E-state index in [1.165, 1.54) is 0 Å². The number of hydrogen-bond acceptors (Lipinski definition) is 4. The summed E-state index contributed by atoms with van der Waals surface area (Å²) in [6, 6.07) is 0. The average Bonchev–Trinajstić information content (AvgIpc) is 2.17. The van der Waals surface area contributed by atoms with Crippen LogP contribution in [0.1, 0.15) is 32.9 Å². The normalized spacial score (nSPS) is 11.5. The molecule has 1 aromatic heterocycles. The van der Waals surface area contributed by atoms with Gasteiger partial charge >= 0.3 is 0 Å². The number of rotatable bonds is 4. The van der Waals surface area contributed by atoms with E-state index >= 15 is 0 Å². The quantitative estimate of drug-likeness (QED) is 0.737. The number of hydrogen-bond donors (Lipinski definition) is 2. The first kappa shape index (κ1) is 11.9. The number of nitrogens with two attached hydrogens (primary N) is 1. The molecule has 0 atom stereocenters. The van der Waals surface area contributed by atoms with Crippen molar-refractivity contribution >= 4 is 5.69 Å². The molecule has 0 aliphatic carbocycles. The molecule has 0 aliphatic heterocycles. The van der Waals surface area contributed by atoms with Crippen molar-refractivity contribution in [2.75, 3.05) is 18.4 Å². The van der Waals surface area contributed by atoms with E-state index in [-0.39, 0.29) is 5.41 Å². The molecule has 1 heterocycles. The van der Waals surface area contributed by atoms with E-state index < -0.39 is 0 Å². The molecule has 1 aromatic rings. The highest BCUT2D eigenvalue weighted by Gasteiger charge is 2.19. The molecule has 0 fully saturated rings. The molecule has 0 aromatic carbocycles. The molecule has 4 nitrogen and oxygen atoms in total. The van der Waals surface area contributed by atoms with Crippen LogP contribution in [-0.4, -0.2) is 23.1 Å². The van der Waals surface area contributed by atoms with E-state index in [2.05, 4.69) is 36.1 Å². The maximum absolute atomic E-state index is 5.45. The lowest BCUT2D eigenvalue weighted by molar-refractivity contribution is 0.568. The minimum atomic E-state index is 0.0357. The first-order chi connectivity index (χ1) is 7.05. The van der Waals surface area contributed by atoms with E-state index in [9.17, 15) is 0 Å². The van der Waals surface area contributed by atoms with Crippen molar-refractivity contribution in [3.8, 4) is 0 Å². The molecule has 0 radical (unpaired) electrons. The van der Waals surface area contributed by atoms with Crippen LogP contribution in [0.25, 0.3) is 0 Å². The Morgan fingerprint density at radius 3 is 2.73 bits per heavy atom. The van der Waals surface area contributed by atoms with Gasteiger partial charge in [-0.1, -0.05) is 20.8 Å². The Hall–Kier alpha value is -1.16.